The van der Waals surface area contributed by atoms with Crippen molar-refractivity contribution in [3.05, 3.63) is 182 Å². The Morgan fingerprint density at radius 2 is 0.961 bits per heavy atom. The summed E-state index contributed by atoms with van der Waals surface area (Å²) in [7, 11) is 0. The zero-order valence-electron chi connectivity index (χ0n) is 27.6. The van der Waals surface area contributed by atoms with Crippen molar-refractivity contribution in [1.82, 2.24) is 9.13 Å². The summed E-state index contributed by atoms with van der Waals surface area (Å²) in [6, 6.07) is 66.6. The molecule has 3 aromatic heterocycles. The Morgan fingerprint density at radius 3 is 1.78 bits per heavy atom. The van der Waals surface area contributed by atoms with E-state index in [1.807, 2.05) is 11.3 Å². The van der Waals surface area contributed by atoms with E-state index in [0.29, 0.717) is 0 Å². The van der Waals surface area contributed by atoms with Gasteiger partial charge in [0.15, 0.2) is 0 Å². The van der Waals surface area contributed by atoms with Crippen LogP contribution in [0.25, 0.3) is 97.4 Å². The third kappa shape index (κ3) is 4.22. The topological polar surface area (TPSA) is 9.86 Å². The largest absolute Gasteiger partial charge is 0.309 e. The van der Waals surface area contributed by atoms with Crippen molar-refractivity contribution < 1.29 is 0 Å². The van der Waals surface area contributed by atoms with E-state index in [4.69, 9.17) is 0 Å². The summed E-state index contributed by atoms with van der Waals surface area (Å²) in [5, 5.41) is 7.66. The summed E-state index contributed by atoms with van der Waals surface area (Å²) in [5.74, 6) is 0. The molecule has 0 amide bonds. The average Bonchev–Trinajstić information content (AvgIpc) is 3.86. The molecule has 0 bridgehead atoms. The van der Waals surface area contributed by atoms with Crippen molar-refractivity contribution in [3.63, 3.8) is 0 Å². The van der Waals surface area contributed by atoms with E-state index in [9.17, 15) is 0 Å². The number of rotatable bonds is 4. The van der Waals surface area contributed by atoms with Crippen LogP contribution in [0.5, 0.6) is 0 Å². The fourth-order valence-corrected chi connectivity index (χ4v) is 9.52. The van der Waals surface area contributed by atoms with Crippen LogP contribution in [0.15, 0.2) is 182 Å². The smallest absolute Gasteiger partial charge is 0.0547 e. The van der Waals surface area contributed by atoms with Gasteiger partial charge in [-0.1, -0.05) is 127 Å². The predicted octanol–water partition coefficient (Wildman–Crippen LogP) is 13.6. The van der Waals surface area contributed by atoms with Crippen LogP contribution in [0.3, 0.4) is 0 Å². The highest BCUT2D eigenvalue weighted by Crippen LogP contribution is 2.45. The molecule has 11 rings (SSSR count). The maximum absolute atomic E-state index is 2.48. The lowest BCUT2D eigenvalue weighted by atomic mass is 9.98. The molecule has 0 radical (unpaired) electrons. The standard InChI is InChI=1S/C48H30N2S/c1-3-14-31(15-4-1)40-29-34(30-41-38-19-9-12-25-46(38)51-48(40)41)50-43-23-11-8-20-39(43)47-35(21-13-24-44(47)50)32-26-27-37-36-18-7-10-22-42(36)49(45(37)28-32)33-16-5-2-6-17-33/h1-30H. The van der Waals surface area contributed by atoms with Crippen LogP contribution in [-0.4, -0.2) is 9.13 Å². The van der Waals surface area contributed by atoms with Gasteiger partial charge in [0.05, 0.1) is 22.1 Å². The van der Waals surface area contributed by atoms with Crippen molar-refractivity contribution in [1.29, 1.82) is 0 Å². The number of hydrogen-bond acceptors (Lipinski definition) is 1. The number of benzene rings is 8. The summed E-state index contributed by atoms with van der Waals surface area (Å²) in [5.41, 5.74) is 12.1. The molecule has 238 valence electrons. The van der Waals surface area contributed by atoms with E-state index < -0.39 is 0 Å². The lowest BCUT2D eigenvalue weighted by Gasteiger charge is -2.13. The van der Waals surface area contributed by atoms with Crippen LogP contribution in [0.2, 0.25) is 0 Å². The van der Waals surface area contributed by atoms with Gasteiger partial charge >= 0.3 is 0 Å². The summed E-state index contributed by atoms with van der Waals surface area (Å²) in [6.07, 6.45) is 0. The number of thiophene rings is 1. The van der Waals surface area contributed by atoms with Crippen LogP contribution in [-0.2, 0) is 0 Å². The number of para-hydroxylation sites is 3. The van der Waals surface area contributed by atoms with Crippen LogP contribution in [0, 0.1) is 0 Å². The molecule has 2 nitrogen and oxygen atoms in total. The Morgan fingerprint density at radius 1 is 0.333 bits per heavy atom. The quantitative estimate of drug-likeness (QED) is 0.177. The molecule has 0 N–H and O–H groups in total. The second-order valence-electron chi connectivity index (χ2n) is 13.3. The Kier molecular flexibility index (Phi) is 6.16. The molecule has 0 unspecified atom stereocenters. The van der Waals surface area contributed by atoms with Gasteiger partial charge in [-0.2, -0.15) is 0 Å². The first kappa shape index (κ1) is 28.4. The van der Waals surface area contributed by atoms with Crippen molar-refractivity contribution in [3.8, 4) is 33.6 Å². The Bertz CT molecular complexity index is 3130. The SMILES string of the molecule is c1ccc(-c2cc(-n3c4ccccc4c4c(-c5ccc6c7ccccc7n(-c7ccccc7)c6c5)cccc43)cc3c2sc2ccccc23)cc1. The van der Waals surface area contributed by atoms with Crippen molar-refractivity contribution in [2.75, 3.05) is 0 Å². The number of fused-ring (bicyclic) bond motifs is 9. The number of hydrogen-bond donors (Lipinski definition) is 0. The van der Waals surface area contributed by atoms with Gasteiger partial charge in [0.1, 0.15) is 0 Å². The monoisotopic (exact) mass is 666 g/mol. The fraction of sp³-hybridized carbons (Fsp3) is 0. The molecule has 3 heteroatoms. The van der Waals surface area contributed by atoms with Gasteiger partial charge in [0.25, 0.3) is 0 Å². The Hall–Kier alpha value is -6.42. The molecule has 0 aliphatic rings. The number of nitrogens with zero attached hydrogens (tertiary/aromatic N) is 2. The summed E-state index contributed by atoms with van der Waals surface area (Å²) in [4.78, 5) is 0. The van der Waals surface area contributed by atoms with Gasteiger partial charge in [0, 0.05) is 58.7 Å². The molecule has 0 aliphatic carbocycles. The molecule has 0 saturated carbocycles. The molecule has 3 heterocycles. The molecule has 0 saturated heterocycles. The van der Waals surface area contributed by atoms with Gasteiger partial charge in [-0.3, -0.25) is 0 Å². The first-order chi connectivity index (χ1) is 25.3. The molecule has 8 aromatic carbocycles. The maximum atomic E-state index is 2.48. The van der Waals surface area contributed by atoms with Gasteiger partial charge in [-0.15, -0.1) is 11.3 Å². The Balaban J connectivity index is 1.20. The van der Waals surface area contributed by atoms with Crippen LogP contribution in [0.1, 0.15) is 0 Å². The Labute approximate surface area is 298 Å². The normalized spacial score (nSPS) is 11.9. The third-order valence-electron chi connectivity index (χ3n) is 10.5. The van der Waals surface area contributed by atoms with Crippen LogP contribution in [0.4, 0.5) is 0 Å². The summed E-state index contributed by atoms with van der Waals surface area (Å²) < 4.78 is 7.53. The summed E-state index contributed by atoms with van der Waals surface area (Å²) in [6.45, 7) is 0. The lowest BCUT2D eigenvalue weighted by molar-refractivity contribution is 1.18. The van der Waals surface area contributed by atoms with Gasteiger partial charge < -0.3 is 9.13 Å². The lowest BCUT2D eigenvalue weighted by Crippen LogP contribution is -1.95. The molecule has 51 heavy (non-hydrogen) atoms. The zero-order chi connectivity index (χ0) is 33.5. The third-order valence-corrected chi connectivity index (χ3v) is 11.7. The molecule has 0 fully saturated rings. The van der Waals surface area contributed by atoms with E-state index in [1.54, 1.807) is 0 Å². The highest BCUT2D eigenvalue weighted by molar-refractivity contribution is 7.26. The first-order valence-corrected chi connectivity index (χ1v) is 18.3. The molecule has 0 atom stereocenters. The molecule has 0 spiro atoms. The van der Waals surface area contributed by atoms with E-state index in [1.165, 1.54) is 97.4 Å². The molecular weight excluding hydrogens is 637 g/mol. The highest BCUT2D eigenvalue weighted by atomic mass is 32.1. The molecule has 0 aliphatic heterocycles. The zero-order valence-corrected chi connectivity index (χ0v) is 28.4. The average molecular weight is 667 g/mol. The van der Waals surface area contributed by atoms with Crippen LogP contribution < -0.4 is 0 Å². The van der Waals surface area contributed by atoms with Crippen molar-refractivity contribution >= 4 is 75.1 Å². The van der Waals surface area contributed by atoms with Gasteiger partial charge in [0.2, 0.25) is 0 Å². The minimum atomic E-state index is 1.17. The van der Waals surface area contributed by atoms with Crippen molar-refractivity contribution in [2.45, 2.75) is 0 Å². The second-order valence-corrected chi connectivity index (χ2v) is 14.4. The van der Waals surface area contributed by atoms with E-state index in [2.05, 4.69) is 191 Å². The maximum Gasteiger partial charge on any atom is 0.0547 e. The van der Waals surface area contributed by atoms with E-state index in [0.717, 1.165) is 0 Å². The minimum Gasteiger partial charge on any atom is -0.309 e. The fourth-order valence-electron chi connectivity index (χ4n) is 8.30. The molecule has 11 aromatic rings. The van der Waals surface area contributed by atoms with E-state index in [-0.39, 0.29) is 0 Å². The number of aromatic nitrogens is 2. The van der Waals surface area contributed by atoms with Gasteiger partial charge in [-0.05, 0) is 71.3 Å². The predicted molar refractivity (Wildman–Crippen MR) is 219 cm³/mol. The van der Waals surface area contributed by atoms with Crippen LogP contribution >= 0.6 is 11.3 Å². The minimum absolute atomic E-state index is 1.17. The van der Waals surface area contributed by atoms with Gasteiger partial charge in [-0.25, -0.2) is 0 Å². The first-order valence-electron chi connectivity index (χ1n) is 17.4. The highest BCUT2D eigenvalue weighted by Gasteiger charge is 2.20. The van der Waals surface area contributed by atoms with E-state index >= 15 is 0 Å². The molecular formula is C48H30N2S. The second kappa shape index (κ2) is 11.0. The summed E-state index contributed by atoms with van der Waals surface area (Å²) >= 11 is 1.89. The van der Waals surface area contributed by atoms with Crippen molar-refractivity contribution in [2.24, 2.45) is 0 Å².